The first-order valence-electron chi connectivity index (χ1n) is 7.99. The number of nitrogens with zero attached hydrogens (tertiary/aromatic N) is 4. The molecular formula is C17H22N4. The Hall–Kier alpha value is -1.68. The maximum absolute atomic E-state index is 4.26. The standard InChI is InChI=1S/C17H22N4/c1-13(14-5-3-2-4-6-14)20-12-17(21-10-9-18-19-21)15-7-8-16(20)11-15/h2-6,9-10,13,15-17H,7-8,11-12H2,1H3/t13-,15+,16-,17-/m0/s1. The molecule has 4 atom stereocenters. The molecule has 2 aromatic rings. The number of aromatic nitrogens is 3. The van der Waals surface area contributed by atoms with Gasteiger partial charge in [0.15, 0.2) is 0 Å². The van der Waals surface area contributed by atoms with E-state index in [0.29, 0.717) is 12.1 Å². The summed E-state index contributed by atoms with van der Waals surface area (Å²) in [6.07, 6.45) is 7.78. The van der Waals surface area contributed by atoms with Gasteiger partial charge in [-0.1, -0.05) is 35.5 Å². The number of hydrogen-bond donors (Lipinski definition) is 0. The molecule has 1 aliphatic heterocycles. The third kappa shape index (κ3) is 2.27. The summed E-state index contributed by atoms with van der Waals surface area (Å²) in [5.74, 6) is 0.774. The smallest absolute Gasteiger partial charge is 0.0693 e. The first-order chi connectivity index (χ1) is 10.3. The Morgan fingerprint density at radius 3 is 2.81 bits per heavy atom. The van der Waals surface area contributed by atoms with Gasteiger partial charge in [0.2, 0.25) is 0 Å². The van der Waals surface area contributed by atoms with Gasteiger partial charge < -0.3 is 0 Å². The number of fused-ring (bicyclic) bond motifs is 2. The van der Waals surface area contributed by atoms with Crippen molar-refractivity contribution >= 4 is 0 Å². The van der Waals surface area contributed by atoms with E-state index in [4.69, 9.17) is 0 Å². The molecule has 21 heavy (non-hydrogen) atoms. The SMILES string of the molecule is C[C@@H](c1ccccc1)N1C[C@H](n2ccnn2)[C@@H]2CC[C@H]1C2. The molecule has 1 aromatic heterocycles. The summed E-state index contributed by atoms with van der Waals surface area (Å²) in [5.41, 5.74) is 1.42. The summed E-state index contributed by atoms with van der Waals surface area (Å²) in [4.78, 5) is 2.69. The quantitative estimate of drug-likeness (QED) is 0.867. The predicted octanol–water partition coefficient (Wildman–Crippen LogP) is 3.06. The van der Waals surface area contributed by atoms with Crippen LogP contribution in [0.2, 0.25) is 0 Å². The van der Waals surface area contributed by atoms with Crippen molar-refractivity contribution in [1.82, 2.24) is 19.9 Å². The molecule has 0 amide bonds. The highest BCUT2D eigenvalue weighted by atomic mass is 15.4. The molecule has 2 bridgehead atoms. The Kier molecular flexibility index (Phi) is 3.26. The van der Waals surface area contributed by atoms with Gasteiger partial charge in [-0.25, -0.2) is 4.68 Å². The fourth-order valence-corrected chi connectivity index (χ4v) is 4.25. The van der Waals surface area contributed by atoms with Crippen molar-refractivity contribution in [3.8, 4) is 0 Å². The molecule has 2 fully saturated rings. The molecular weight excluding hydrogens is 260 g/mol. The van der Waals surface area contributed by atoms with Crippen LogP contribution in [0, 0.1) is 5.92 Å². The lowest BCUT2D eigenvalue weighted by atomic mass is 9.91. The largest absolute Gasteiger partial charge is 0.292 e. The maximum Gasteiger partial charge on any atom is 0.0693 e. The minimum Gasteiger partial charge on any atom is -0.292 e. The Bertz CT molecular complexity index is 580. The average Bonchev–Trinajstić information content (AvgIpc) is 3.19. The van der Waals surface area contributed by atoms with E-state index in [2.05, 4.69) is 57.1 Å². The van der Waals surface area contributed by atoms with E-state index < -0.39 is 0 Å². The van der Waals surface area contributed by atoms with Gasteiger partial charge in [-0.3, -0.25) is 4.90 Å². The Morgan fingerprint density at radius 1 is 1.19 bits per heavy atom. The van der Waals surface area contributed by atoms with E-state index in [9.17, 15) is 0 Å². The fraction of sp³-hybridized carbons (Fsp3) is 0.529. The van der Waals surface area contributed by atoms with Crippen molar-refractivity contribution in [1.29, 1.82) is 0 Å². The molecule has 0 spiro atoms. The van der Waals surface area contributed by atoms with E-state index in [1.165, 1.54) is 24.8 Å². The van der Waals surface area contributed by atoms with E-state index in [1.807, 2.05) is 6.20 Å². The Morgan fingerprint density at radius 2 is 2.05 bits per heavy atom. The van der Waals surface area contributed by atoms with Gasteiger partial charge in [0.05, 0.1) is 12.2 Å². The van der Waals surface area contributed by atoms with E-state index >= 15 is 0 Å². The van der Waals surface area contributed by atoms with Crippen molar-refractivity contribution in [3.05, 3.63) is 48.3 Å². The summed E-state index contributed by atoms with van der Waals surface area (Å²) in [6.45, 7) is 3.43. The number of hydrogen-bond acceptors (Lipinski definition) is 3. The molecule has 4 heteroatoms. The zero-order chi connectivity index (χ0) is 14.2. The lowest BCUT2D eigenvalue weighted by Crippen LogP contribution is -2.45. The highest BCUT2D eigenvalue weighted by Crippen LogP contribution is 2.44. The van der Waals surface area contributed by atoms with Crippen LogP contribution in [0.1, 0.15) is 43.8 Å². The zero-order valence-electron chi connectivity index (χ0n) is 12.5. The van der Waals surface area contributed by atoms with Crippen molar-refractivity contribution in [2.24, 2.45) is 5.92 Å². The van der Waals surface area contributed by atoms with Crippen LogP contribution in [-0.4, -0.2) is 32.5 Å². The summed E-state index contributed by atoms with van der Waals surface area (Å²) < 4.78 is 2.08. The molecule has 0 N–H and O–H groups in total. The molecule has 0 unspecified atom stereocenters. The van der Waals surface area contributed by atoms with Crippen LogP contribution in [-0.2, 0) is 0 Å². The Balaban J connectivity index is 1.60. The van der Waals surface area contributed by atoms with Crippen LogP contribution in [0.15, 0.2) is 42.7 Å². The van der Waals surface area contributed by atoms with Crippen LogP contribution < -0.4 is 0 Å². The van der Waals surface area contributed by atoms with Crippen LogP contribution >= 0.6 is 0 Å². The molecule has 0 radical (unpaired) electrons. The minimum atomic E-state index is 0.473. The number of rotatable bonds is 3. The molecule has 1 aromatic carbocycles. The molecule has 4 rings (SSSR count). The first-order valence-corrected chi connectivity index (χ1v) is 7.99. The van der Waals surface area contributed by atoms with Gasteiger partial charge in [0.25, 0.3) is 0 Å². The van der Waals surface area contributed by atoms with Gasteiger partial charge in [0, 0.05) is 24.8 Å². The van der Waals surface area contributed by atoms with Crippen LogP contribution in [0.4, 0.5) is 0 Å². The predicted molar refractivity (Wildman–Crippen MR) is 81.8 cm³/mol. The topological polar surface area (TPSA) is 34.0 Å². The highest BCUT2D eigenvalue weighted by molar-refractivity contribution is 5.19. The van der Waals surface area contributed by atoms with Gasteiger partial charge >= 0.3 is 0 Å². The monoisotopic (exact) mass is 282 g/mol. The lowest BCUT2D eigenvalue weighted by molar-refractivity contribution is 0.0688. The van der Waals surface area contributed by atoms with Crippen molar-refractivity contribution in [2.45, 2.75) is 44.3 Å². The summed E-state index contributed by atoms with van der Waals surface area (Å²) in [6, 6.07) is 12.6. The number of benzene rings is 1. The molecule has 4 nitrogen and oxygen atoms in total. The van der Waals surface area contributed by atoms with Crippen molar-refractivity contribution in [2.75, 3.05) is 6.54 Å². The zero-order valence-corrected chi connectivity index (χ0v) is 12.5. The molecule has 1 aliphatic carbocycles. The van der Waals surface area contributed by atoms with E-state index in [-0.39, 0.29) is 0 Å². The highest BCUT2D eigenvalue weighted by Gasteiger charge is 2.43. The molecule has 1 saturated carbocycles. The molecule has 110 valence electrons. The Labute approximate surface area is 125 Å². The van der Waals surface area contributed by atoms with Gasteiger partial charge in [-0.05, 0) is 37.7 Å². The van der Waals surface area contributed by atoms with Gasteiger partial charge in [-0.2, -0.15) is 0 Å². The lowest BCUT2D eigenvalue weighted by Gasteiger charge is -2.42. The van der Waals surface area contributed by atoms with E-state index in [1.54, 1.807) is 6.20 Å². The van der Waals surface area contributed by atoms with Crippen LogP contribution in [0.3, 0.4) is 0 Å². The summed E-state index contributed by atoms with van der Waals surface area (Å²) in [7, 11) is 0. The fourth-order valence-electron chi connectivity index (χ4n) is 4.25. The summed E-state index contributed by atoms with van der Waals surface area (Å²) in [5, 5.41) is 8.27. The van der Waals surface area contributed by atoms with Gasteiger partial charge in [-0.15, -0.1) is 5.10 Å². The third-order valence-electron chi connectivity index (χ3n) is 5.42. The third-order valence-corrected chi connectivity index (χ3v) is 5.42. The minimum absolute atomic E-state index is 0.473. The molecule has 2 aliphatic rings. The molecule has 2 heterocycles. The second-order valence-electron chi connectivity index (χ2n) is 6.46. The second kappa shape index (κ2) is 5.26. The normalized spacial score (nSPS) is 30.4. The van der Waals surface area contributed by atoms with Gasteiger partial charge in [0.1, 0.15) is 0 Å². The first kappa shape index (κ1) is 13.0. The molecule has 1 saturated heterocycles. The van der Waals surface area contributed by atoms with Crippen molar-refractivity contribution in [3.63, 3.8) is 0 Å². The second-order valence-corrected chi connectivity index (χ2v) is 6.46. The van der Waals surface area contributed by atoms with Crippen LogP contribution in [0.5, 0.6) is 0 Å². The van der Waals surface area contributed by atoms with Crippen LogP contribution in [0.25, 0.3) is 0 Å². The van der Waals surface area contributed by atoms with Crippen molar-refractivity contribution < 1.29 is 0 Å². The number of piperidine rings is 1. The number of likely N-dealkylation sites (tertiary alicyclic amines) is 1. The summed E-state index contributed by atoms with van der Waals surface area (Å²) >= 11 is 0. The maximum atomic E-state index is 4.26. The van der Waals surface area contributed by atoms with E-state index in [0.717, 1.165) is 18.5 Å². The average molecular weight is 282 g/mol.